The molecule has 0 saturated heterocycles. The Labute approximate surface area is 109 Å². The number of carboxylic acid groups (broad SMARTS) is 1. The Kier molecular flexibility index (Phi) is 6.07. The number of benzene rings is 1. The highest BCUT2D eigenvalue weighted by molar-refractivity contribution is 8.00. The highest BCUT2D eigenvalue weighted by atomic mass is 32.2. The molecule has 1 aromatic rings. The zero-order valence-electron chi connectivity index (χ0n) is 9.76. The number of aliphatic carboxylic acids is 1. The second-order valence-electron chi connectivity index (χ2n) is 3.65. The number of aromatic hydroxyl groups is 1. The third kappa shape index (κ3) is 6.15. The predicted molar refractivity (Wildman–Crippen MR) is 69.8 cm³/mol. The van der Waals surface area contributed by atoms with E-state index in [0.717, 1.165) is 17.3 Å². The summed E-state index contributed by atoms with van der Waals surface area (Å²) >= 11 is 1.07. The number of phenols is 1. The van der Waals surface area contributed by atoms with Crippen LogP contribution in [0.15, 0.2) is 24.3 Å². The minimum Gasteiger partial charge on any atom is -0.508 e. The van der Waals surface area contributed by atoms with Crippen molar-refractivity contribution in [3.63, 3.8) is 0 Å². The third-order valence-electron chi connectivity index (χ3n) is 2.13. The van der Waals surface area contributed by atoms with Crippen LogP contribution in [0, 0.1) is 0 Å². The molecule has 0 fully saturated rings. The summed E-state index contributed by atoms with van der Waals surface area (Å²) in [6.45, 7) is 0.497. The van der Waals surface area contributed by atoms with Gasteiger partial charge in [0.1, 0.15) is 5.75 Å². The van der Waals surface area contributed by atoms with Crippen LogP contribution in [0.1, 0.15) is 5.56 Å². The minimum absolute atomic E-state index is 0.0641. The zero-order chi connectivity index (χ0) is 13.4. The molecule has 0 saturated carbocycles. The monoisotopic (exact) mass is 269 g/mol. The Hall–Kier alpha value is -1.69. The van der Waals surface area contributed by atoms with E-state index in [4.69, 9.17) is 10.2 Å². The molecule has 0 radical (unpaired) electrons. The molecule has 0 bridgehead atoms. The fourth-order valence-corrected chi connectivity index (χ4v) is 1.86. The van der Waals surface area contributed by atoms with Crippen LogP contribution in [0.5, 0.6) is 5.75 Å². The molecule has 0 atom stereocenters. The Balaban J connectivity index is 2.15. The molecule has 0 heterocycles. The van der Waals surface area contributed by atoms with Gasteiger partial charge in [-0.25, -0.2) is 0 Å². The maximum Gasteiger partial charge on any atom is 0.313 e. The SMILES string of the molecule is O=C(O)CSCC(=O)NCCc1ccc(O)cc1. The predicted octanol–water partition coefficient (Wildman–Crippen LogP) is 0.869. The van der Waals surface area contributed by atoms with Crippen molar-refractivity contribution in [3.05, 3.63) is 29.8 Å². The number of amides is 1. The number of rotatable bonds is 7. The van der Waals surface area contributed by atoms with E-state index in [1.165, 1.54) is 0 Å². The van der Waals surface area contributed by atoms with Gasteiger partial charge in [0.05, 0.1) is 11.5 Å². The van der Waals surface area contributed by atoms with Gasteiger partial charge in [0.2, 0.25) is 5.91 Å². The van der Waals surface area contributed by atoms with E-state index in [-0.39, 0.29) is 23.2 Å². The first-order chi connectivity index (χ1) is 8.58. The van der Waals surface area contributed by atoms with E-state index in [0.29, 0.717) is 13.0 Å². The molecule has 0 aliphatic carbocycles. The molecule has 0 spiro atoms. The smallest absolute Gasteiger partial charge is 0.313 e. The lowest BCUT2D eigenvalue weighted by Gasteiger charge is -2.04. The van der Waals surface area contributed by atoms with Gasteiger partial charge in [0.15, 0.2) is 0 Å². The average molecular weight is 269 g/mol. The van der Waals surface area contributed by atoms with Crippen LogP contribution in [0.25, 0.3) is 0 Å². The molecule has 0 aliphatic rings. The fraction of sp³-hybridized carbons (Fsp3) is 0.333. The molecule has 3 N–H and O–H groups in total. The highest BCUT2D eigenvalue weighted by Crippen LogP contribution is 2.09. The minimum atomic E-state index is -0.920. The molecule has 0 aliphatic heterocycles. The van der Waals surface area contributed by atoms with Gasteiger partial charge in [-0.1, -0.05) is 12.1 Å². The standard InChI is InChI=1S/C12H15NO4S/c14-10-3-1-9(2-4-10)5-6-13-11(15)7-18-8-12(16)17/h1-4,14H,5-8H2,(H,13,15)(H,16,17). The van der Waals surface area contributed by atoms with E-state index in [1.54, 1.807) is 24.3 Å². The van der Waals surface area contributed by atoms with E-state index in [2.05, 4.69) is 5.32 Å². The second kappa shape index (κ2) is 7.60. The van der Waals surface area contributed by atoms with Crippen LogP contribution in [-0.4, -0.2) is 40.1 Å². The fourth-order valence-electron chi connectivity index (χ4n) is 1.29. The van der Waals surface area contributed by atoms with Gasteiger partial charge in [-0.2, -0.15) is 0 Å². The maximum atomic E-state index is 11.3. The van der Waals surface area contributed by atoms with Crippen LogP contribution >= 0.6 is 11.8 Å². The summed E-state index contributed by atoms with van der Waals surface area (Å²) in [5, 5.41) is 20.2. The number of phenolic OH excluding ortho intramolecular Hbond substituents is 1. The van der Waals surface area contributed by atoms with Crippen molar-refractivity contribution >= 4 is 23.6 Å². The Bertz CT molecular complexity index is 405. The number of carbonyl (C=O) groups is 2. The third-order valence-corrected chi connectivity index (χ3v) is 3.05. The Morgan fingerprint density at radius 3 is 2.44 bits per heavy atom. The van der Waals surface area contributed by atoms with Crippen LogP contribution in [0.2, 0.25) is 0 Å². The second-order valence-corrected chi connectivity index (χ2v) is 4.64. The van der Waals surface area contributed by atoms with E-state index >= 15 is 0 Å². The lowest BCUT2D eigenvalue weighted by atomic mass is 10.1. The highest BCUT2D eigenvalue weighted by Gasteiger charge is 2.03. The van der Waals surface area contributed by atoms with Gasteiger partial charge < -0.3 is 15.5 Å². The molecule has 1 amide bonds. The average Bonchev–Trinajstić information content (AvgIpc) is 2.31. The first-order valence-electron chi connectivity index (χ1n) is 5.42. The van der Waals surface area contributed by atoms with Crippen molar-refractivity contribution in [2.24, 2.45) is 0 Å². The zero-order valence-corrected chi connectivity index (χ0v) is 10.6. The molecule has 1 rings (SSSR count). The first kappa shape index (κ1) is 14.4. The molecule has 1 aromatic carbocycles. The summed E-state index contributed by atoms with van der Waals surface area (Å²) < 4.78 is 0. The molecule has 18 heavy (non-hydrogen) atoms. The summed E-state index contributed by atoms with van der Waals surface area (Å²) in [5.41, 5.74) is 1.02. The van der Waals surface area contributed by atoms with Crippen molar-refractivity contribution in [1.29, 1.82) is 0 Å². The number of hydrogen-bond donors (Lipinski definition) is 3. The number of carbonyl (C=O) groups excluding carboxylic acids is 1. The summed E-state index contributed by atoms with van der Waals surface area (Å²) in [4.78, 5) is 21.5. The summed E-state index contributed by atoms with van der Waals surface area (Å²) in [6, 6.07) is 6.78. The van der Waals surface area contributed by atoms with Crippen molar-refractivity contribution in [2.75, 3.05) is 18.1 Å². The quantitative estimate of drug-likeness (QED) is 0.683. The van der Waals surface area contributed by atoms with Gasteiger partial charge in [-0.15, -0.1) is 11.8 Å². The van der Waals surface area contributed by atoms with Crippen molar-refractivity contribution in [1.82, 2.24) is 5.32 Å². The van der Waals surface area contributed by atoms with Crippen molar-refractivity contribution in [2.45, 2.75) is 6.42 Å². The molecular formula is C12H15NO4S. The van der Waals surface area contributed by atoms with Crippen LogP contribution < -0.4 is 5.32 Å². The maximum absolute atomic E-state index is 11.3. The lowest BCUT2D eigenvalue weighted by Crippen LogP contribution is -2.27. The molecule has 0 unspecified atom stereocenters. The van der Waals surface area contributed by atoms with Crippen LogP contribution in [-0.2, 0) is 16.0 Å². The van der Waals surface area contributed by atoms with Crippen molar-refractivity contribution < 1.29 is 19.8 Å². The van der Waals surface area contributed by atoms with Gasteiger partial charge in [0.25, 0.3) is 0 Å². The van der Waals surface area contributed by atoms with E-state index in [9.17, 15) is 9.59 Å². The summed E-state index contributed by atoms with van der Waals surface area (Å²) in [5.74, 6) is -0.780. The van der Waals surface area contributed by atoms with Gasteiger partial charge in [-0.3, -0.25) is 9.59 Å². The van der Waals surface area contributed by atoms with Crippen LogP contribution in [0.3, 0.4) is 0 Å². The van der Waals surface area contributed by atoms with Crippen molar-refractivity contribution in [3.8, 4) is 5.75 Å². The Morgan fingerprint density at radius 2 is 1.83 bits per heavy atom. The van der Waals surface area contributed by atoms with E-state index in [1.807, 2.05) is 0 Å². The number of carboxylic acids is 1. The molecule has 98 valence electrons. The number of thioether (sulfide) groups is 1. The number of hydrogen-bond acceptors (Lipinski definition) is 4. The number of nitrogens with one attached hydrogen (secondary N) is 1. The molecule has 0 aromatic heterocycles. The van der Waals surface area contributed by atoms with Gasteiger partial charge in [0, 0.05) is 6.54 Å². The normalized spacial score (nSPS) is 10.0. The first-order valence-corrected chi connectivity index (χ1v) is 6.57. The lowest BCUT2D eigenvalue weighted by molar-refractivity contribution is -0.133. The van der Waals surface area contributed by atoms with Gasteiger partial charge >= 0.3 is 5.97 Å². The summed E-state index contributed by atoms with van der Waals surface area (Å²) in [7, 11) is 0. The molecular weight excluding hydrogens is 254 g/mol. The van der Waals surface area contributed by atoms with E-state index < -0.39 is 5.97 Å². The molecule has 6 heteroatoms. The molecule has 5 nitrogen and oxygen atoms in total. The van der Waals surface area contributed by atoms with Gasteiger partial charge in [-0.05, 0) is 24.1 Å². The largest absolute Gasteiger partial charge is 0.508 e. The Morgan fingerprint density at radius 1 is 1.17 bits per heavy atom. The summed E-state index contributed by atoms with van der Waals surface area (Å²) in [6.07, 6.45) is 0.676. The topological polar surface area (TPSA) is 86.6 Å². The van der Waals surface area contributed by atoms with Crippen LogP contribution in [0.4, 0.5) is 0 Å².